The van der Waals surface area contributed by atoms with Crippen LogP contribution in [0.25, 0.3) is 0 Å². The third kappa shape index (κ3) is 4.16. The molecule has 2 aromatic heterocycles. The van der Waals surface area contributed by atoms with Crippen LogP contribution in [0.1, 0.15) is 40.3 Å². The summed E-state index contributed by atoms with van der Waals surface area (Å²) in [5.41, 5.74) is 0.628. The molecule has 2 N–H and O–H groups in total. The van der Waals surface area contributed by atoms with Gasteiger partial charge >= 0.3 is 6.18 Å². The molecule has 1 aliphatic rings. The quantitative estimate of drug-likeness (QED) is 0.575. The average Bonchev–Trinajstić information content (AvgIpc) is 3.34. The lowest BCUT2D eigenvalue weighted by molar-refractivity contribution is -0.173. The lowest BCUT2D eigenvalue weighted by atomic mass is 9.97. The number of fused-ring (bicyclic) bond motifs is 1. The lowest BCUT2D eigenvalue weighted by Gasteiger charge is -2.33. The Labute approximate surface area is 172 Å². The molecule has 0 spiro atoms. The average molecular weight is 469 g/mol. The summed E-state index contributed by atoms with van der Waals surface area (Å²) in [6.07, 6.45) is -3.26. The van der Waals surface area contributed by atoms with Gasteiger partial charge in [0.05, 0.1) is 18.8 Å². The van der Waals surface area contributed by atoms with E-state index in [1.165, 1.54) is 12.3 Å². The number of aromatic nitrogens is 2. The lowest BCUT2D eigenvalue weighted by Crippen LogP contribution is -2.35. The molecule has 152 valence electrons. The molecule has 10 heteroatoms. The van der Waals surface area contributed by atoms with E-state index in [0.717, 1.165) is 14.7 Å². The van der Waals surface area contributed by atoms with Crippen LogP contribution in [0.15, 0.2) is 57.6 Å². The number of carbonyl (C=O) groups excluding carboxylic acids is 1. The van der Waals surface area contributed by atoms with Gasteiger partial charge in [0.2, 0.25) is 0 Å². The van der Waals surface area contributed by atoms with Crippen molar-refractivity contribution in [2.24, 2.45) is 0 Å². The SMILES string of the molecule is O=C(NCc1ccco1)c1cc2n(n1)[C@H](C(F)(F)F)C[C@@H](c1ccc(Br)cc1)N2. The van der Waals surface area contributed by atoms with Crippen LogP contribution in [0.2, 0.25) is 0 Å². The van der Waals surface area contributed by atoms with E-state index in [-0.39, 0.29) is 24.5 Å². The summed E-state index contributed by atoms with van der Waals surface area (Å²) in [5.74, 6) is 0.102. The monoisotopic (exact) mass is 468 g/mol. The maximum absolute atomic E-state index is 13.7. The standard InChI is InChI=1S/C19H16BrF3N4O2/c20-12-5-3-11(4-6-12)14-8-16(19(21,22)23)27-17(25-14)9-15(26-27)18(28)24-10-13-2-1-7-29-13/h1-7,9,14,16,25H,8,10H2,(H,24,28)/t14-,16-/m0/s1. The van der Waals surface area contributed by atoms with Crippen molar-refractivity contribution in [1.29, 1.82) is 0 Å². The van der Waals surface area contributed by atoms with Gasteiger partial charge < -0.3 is 15.1 Å². The first-order valence-corrected chi connectivity index (χ1v) is 9.59. The van der Waals surface area contributed by atoms with E-state index in [2.05, 4.69) is 31.7 Å². The Bertz CT molecular complexity index is 1000. The predicted octanol–water partition coefficient (Wildman–Crippen LogP) is 4.83. The molecule has 0 unspecified atom stereocenters. The number of hydrogen-bond acceptors (Lipinski definition) is 4. The van der Waals surface area contributed by atoms with Crippen LogP contribution in [-0.2, 0) is 6.54 Å². The smallest absolute Gasteiger partial charge is 0.410 e. The first kappa shape index (κ1) is 19.6. The zero-order valence-electron chi connectivity index (χ0n) is 14.9. The minimum atomic E-state index is -4.50. The molecule has 1 aliphatic heterocycles. The number of anilines is 1. The van der Waals surface area contributed by atoms with Gasteiger partial charge in [0.25, 0.3) is 5.91 Å². The number of nitrogens with one attached hydrogen (secondary N) is 2. The van der Waals surface area contributed by atoms with Crippen LogP contribution < -0.4 is 10.6 Å². The zero-order valence-corrected chi connectivity index (χ0v) is 16.5. The fourth-order valence-electron chi connectivity index (χ4n) is 3.27. The molecule has 6 nitrogen and oxygen atoms in total. The second-order valence-electron chi connectivity index (χ2n) is 6.66. The van der Waals surface area contributed by atoms with Gasteiger partial charge in [-0.25, -0.2) is 4.68 Å². The van der Waals surface area contributed by atoms with Crippen LogP contribution in [0, 0.1) is 0 Å². The number of furan rings is 1. The summed E-state index contributed by atoms with van der Waals surface area (Å²) in [6, 6.07) is 9.38. The Morgan fingerprint density at radius 1 is 1.31 bits per heavy atom. The minimum Gasteiger partial charge on any atom is -0.467 e. The summed E-state index contributed by atoms with van der Waals surface area (Å²) >= 11 is 3.32. The zero-order chi connectivity index (χ0) is 20.6. The molecule has 1 amide bonds. The van der Waals surface area contributed by atoms with E-state index in [9.17, 15) is 18.0 Å². The molecule has 4 rings (SSSR count). The molecular weight excluding hydrogens is 453 g/mol. The number of carbonyl (C=O) groups is 1. The maximum atomic E-state index is 13.7. The van der Waals surface area contributed by atoms with Crippen molar-refractivity contribution in [3.05, 3.63) is 70.2 Å². The number of benzene rings is 1. The van der Waals surface area contributed by atoms with E-state index in [4.69, 9.17) is 4.42 Å². The van der Waals surface area contributed by atoms with Crippen LogP contribution in [0.4, 0.5) is 19.0 Å². The Morgan fingerprint density at radius 3 is 2.72 bits per heavy atom. The van der Waals surface area contributed by atoms with Crippen molar-refractivity contribution >= 4 is 27.7 Å². The van der Waals surface area contributed by atoms with Gasteiger partial charge in [-0.15, -0.1) is 0 Å². The topological polar surface area (TPSA) is 72.1 Å². The fraction of sp³-hybridized carbons (Fsp3) is 0.263. The Hall–Kier alpha value is -2.75. The Morgan fingerprint density at radius 2 is 2.07 bits per heavy atom. The molecule has 1 aromatic carbocycles. The Balaban J connectivity index is 1.59. The second kappa shape index (κ2) is 7.58. The van der Waals surface area contributed by atoms with Gasteiger partial charge in [-0.3, -0.25) is 4.79 Å². The van der Waals surface area contributed by atoms with Crippen molar-refractivity contribution in [3.8, 4) is 0 Å². The van der Waals surface area contributed by atoms with Gasteiger partial charge in [-0.1, -0.05) is 28.1 Å². The Kier molecular flexibility index (Phi) is 5.12. The molecule has 0 saturated heterocycles. The minimum absolute atomic E-state index is 0.0928. The van der Waals surface area contributed by atoms with Crippen LogP contribution in [-0.4, -0.2) is 21.9 Å². The molecule has 2 atom stereocenters. The second-order valence-corrected chi connectivity index (χ2v) is 7.58. The van der Waals surface area contributed by atoms with Crippen LogP contribution in [0.3, 0.4) is 0 Å². The van der Waals surface area contributed by atoms with Crippen molar-refractivity contribution in [2.75, 3.05) is 5.32 Å². The number of halogens is 4. The molecule has 3 heterocycles. The highest BCUT2D eigenvalue weighted by Crippen LogP contribution is 2.43. The van der Waals surface area contributed by atoms with E-state index >= 15 is 0 Å². The van der Waals surface area contributed by atoms with Gasteiger partial charge in [-0.2, -0.15) is 18.3 Å². The van der Waals surface area contributed by atoms with Crippen molar-refractivity contribution < 1.29 is 22.4 Å². The normalized spacial score (nSPS) is 18.8. The molecular formula is C19H16BrF3N4O2. The highest BCUT2D eigenvalue weighted by Gasteiger charge is 2.46. The summed E-state index contributed by atoms with van der Waals surface area (Å²) in [6.45, 7) is 0.117. The number of alkyl halides is 3. The van der Waals surface area contributed by atoms with Gasteiger partial charge in [0.15, 0.2) is 11.7 Å². The molecule has 0 saturated carbocycles. The molecule has 0 fully saturated rings. The first-order valence-electron chi connectivity index (χ1n) is 8.80. The van der Waals surface area contributed by atoms with Crippen molar-refractivity contribution in [3.63, 3.8) is 0 Å². The van der Waals surface area contributed by atoms with E-state index in [1.54, 1.807) is 36.4 Å². The number of hydrogen-bond donors (Lipinski definition) is 2. The van der Waals surface area contributed by atoms with Gasteiger partial charge in [-0.05, 0) is 29.8 Å². The highest BCUT2D eigenvalue weighted by atomic mass is 79.9. The number of rotatable bonds is 4. The van der Waals surface area contributed by atoms with E-state index in [1.807, 2.05) is 0 Å². The van der Waals surface area contributed by atoms with Crippen molar-refractivity contribution in [1.82, 2.24) is 15.1 Å². The van der Waals surface area contributed by atoms with Gasteiger partial charge in [0.1, 0.15) is 11.6 Å². The first-order chi connectivity index (χ1) is 13.8. The van der Waals surface area contributed by atoms with Crippen LogP contribution >= 0.6 is 15.9 Å². The molecule has 0 bridgehead atoms. The van der Waals surface area contributed by atoms with Crippen LogP contribution in [0.5, 0.6) is 0 Å². The third-order valence-corrected chi connectivity index (χ3v) is 5.23. The molecule has 3 aromatic rings. The van der Waals surface area contributed by atoms with E-state index < -0.39 is 24.2 Å². The van der Waals surface area contributed by atoms with Gasteiger partial charge in [0, 0.05) is 17.0 Å². The largest absolute Gasteiger partial charge is 0.467 e. The van der Waals surface area contributed by atoms with E-state index in [0.29, 0.717) is 5.76 Å². The number of amides is 1. The summed E-state index contributed by atoms with van der Waals surface area (Å²) in [7, 11) is 0. The maximum Gasteiger partial charge on any atom is 0.410 e. The van der Waals surface area contributed by atoms with Crippen molar-refractivity contribution in [2.45, 2.75) is 31.2 Å². The fourth-order valence-corrected chi connectivity index (χ4v) is 3.53. The summed E-state index contributed by atoms with van der Waals surface area (Å²) < 4.78 is 47.9. The highest BCUT2D eigenvalue weighted by molar-refractivity contribution is 9.10. The molecule has 0 aliphatic carbocycles. The molecule has 29 heavy (non-hydrogen) atoms. The number of nitrogens with zero attached hydrogens (tertiary/aromatic N) is 2. The third-order valence-electron chi connectivity index (χ3n) is 4.70. The predicted molar refractivity (Wildman–Crippen MR) is 102 cm³/mol. The summed E-state index contributed by atoms with van der Waals surface area (Å²) in [5, 5.41) is 9.58. The summed E-state index contributed by atoms with van der Waals surface area (Å²) in [4.78, 5) is 12.4. The molecule has 0 radical (unpaired) electrons.